The van der Waals surface area contributed by atoms with E-state index in [1.165, 1.54) is 5.56 Å². The highest BCUT2D eigenvalue weighted by atomic mass is 32.2. The maximum absolute atomic E-state index is 13.3. The average Bonchev–Trinajstić information content (AvgIpc) is 2.89. The van der Waals surface area contributed by atoms with Crippen LogP contribution in [0.2, 0.25) is 0 Å². The molecule has 1 saturated heterocycles. The van der Waals surface area contributed by atoms with Gasteiger partial charge in [-0.1, -0.05) is 44.2 Å². The summed E-state index contributed by atoms with van der Waals surface area (Å²) in [6.45, 7) is 7.78. The molecule has 28 heavy (non-hydrogen) atoms. The summed E-state index contributed by atoms with van der Waals surface area (Å²) in [5, 5.41) is 0. The Hall–Kier alpha value is -1.24. The van der Waals surface area contributed by atoms with E-state index in [9.17, 15) is 13.2 Å². The minimum atomic E-state index is -3.45. The summed E-state index contributed by atoms with van der Waals surface area (Å²) in [6.07, 6.45) is 3.11. The number of fused-ring (bicyclic) bond motifs is 2. The summed E-state index contributed by atoms with van der Waals surface area (Å²) >= 11 is 0. The van der Waals surface area contributed by atoms with Crippen LogP contribution in [-0.2, 0) is 21.4 Å². The largest absolute Gasteiger partial charge is 0.299 e. The van der Waals surface area contributed by atoms with E-state index in [1.807, 2.05) is 18.2 Å². The third-order valence-electron chi connectivity index (χ3n) is 7.76. The van der Waals surface area contributed by atoms with Crippen molar-refractivity contribution in [2.45, 2.75) is 46.1 Å². The van der Waals surface area contributed by atoms with Gasteiger partial charge in [-0.2, -0.15) is 0 Å². The van der Waals surface area contributed by atoms with E-state index in [0.717, 1.165) is 38.9 Å². The van der Waals surface area contributed by atoms with Crippen molar-refractivity contribution in [3.63, 3.8) is 0 Å². The van der Waals surface area contributed by atoms with E-state index in [4.69, 9.17) is 0 Å². The van der Waals surface area contributed by atoms with Crippen molar-refractivity contribution in [1.82, 2.24) is 9.21 Å². The molecule has 0 radical (unpaired) electrons. The molecule has 1 aromatic rings. The second kappa shape index (κ2) is 7.22. The van der Waals surface area contributed by atoms with Crippen LogP contribution in [0.25, 0.3) is 0 Å². The number of hydrogen-bond acceptors (Lipinski definition) is 4. The van der Waals surface area contributed by atoms with E-state index >= 15 is 0 Å². The Kier molecular flexibility index (Phi) is 5.17. The molecule has 1 aliphatic heterocycles. The molecule has 2 atom stereocenters. The molecular weight excluding hydrogens is 372 g/mol. The summed E-state index contributed by atoms with van der Waals surface area (Å²) in [6, 6.07) is 10.3. The lowest BCUT2D eigenvalue weighted by Gasteiger charge is -2.37. The van der Waals surface area contributed by atoms with Gasteiger partial charge in [0.15, 0.2) is 0 Å². The number of hydrogen-bond donors (Lipinski definition) is 0. The lowest BCUT2D eigenvalue weighted by atomic mass is 9.70. The summed E-state index contributed by atoms with van der Waals surface area (Å²) < 4.78 is 28.3. The molecule has 1 heterocycles. The fourth-order valence-corrected chi connectivity index (χ4v) is 7.99. The molecule has 154 valence electrons. The average molecular weight is 405 g/mol. The molecule has 0 spiro atoms. The lowest BCUT2D eigenvalue weighted by molar-refractivity contribution is -0.128. The van der Waals surface area contributed by atoms with Gasteiger partial charge in [0.05, 0.1) is 5.75 Å². The van der Waals surface area contributed by atoms with Gasteiger partial charge in [0, 0.05) is 38.0 Å². The number of nitrogens with zero attached hydrogens (tertiary/aromatic N) is 2. The normalized spacial score (nSPS) is 31.2. The predicted octanol–water partition coefficient (Wildman–Crippen LogP) is 2.92. The van der Waals surface area contributed by atoms with E-state index in [-0.39, 0.29) is 17.0 Å². The van der Waals surface area contributed by atoms with E-state index in [2.05, 4.69) is 30.9 Å². The first-order valence-electron chi connectivity index (χ1n) is 10.5. The Balaban J connectivity index is 1.44. The molecule has 0 amide bonds. The molecule has 2 unspecified atom stereocenters. The SMILES string of the molecule is CC1(C)C2CCC1(CS(=O)(=O)N1CCCN(Cc3ccccc3)CC1)C(=O)C2. The number of carbonyl (C=O) groups is 1. The summed E-state index contributed by atoms with van der Waals surface area (Å²) in [5.74, 6) is 0.527. The minimum absolute atomic E-state index is 0.00101. The highest BCUT2D eigenvalue weighted by molar-refractivity contribution is 7.89. The zero-order chi connectivity index (χ0) is 20.0. The molecule has 3 aliphatic rings. The van der Waals surface area contributed by atoms with Crippen molar-refractivity contribution < 1.29 is 13.2 Å². The molecule has 0 aromatic heterocycles. The summed E-state index contributed by atoms with van der Waals surface area (Å²) in [4.78, 5) is 15.1. The lowest BCUT2D eigenvalue weighted by Crippen LogP contribution is -2.47. The van der Waals surface area contributed by atoms with Crippen LogP contribution in [0, 0.1) is 16.7 Å². The highest BCUT2D eigenvalue weighted by Crippen LogP contribution is 2.64. The van der Waals surface area contributed by atoms with Crippen LogP contribution in [-0.4, -0.2) is 55.3 Å². The van der Waals surface area contributed by atoms with Crippen molar-refractivity contribution >= 4 is 15.8 Å². The first kappa shape index (κ1) is 20.0. The number of carbonyl (C=O) groups excluding carboxylic acids is 1. The Labute approximate surface area is 169 Å². The first-order chi connectivity index (χ1) is 13.2. The standard InChI is InChI=1S/C22H32N2O3S/c1-21(2)19-9-10-22(21,20(25)15-19)17-28(26,27)24-12-6-11-23(13-14-24)16-18-7-4-3-5-8-18/h3-5,7-8,19H,6,9-17H2,1-2H3. The van der Waals surface area contributed by atoms with Crippen LogP contribution in [0.15, 0.2) is 30.3 Å². The van der Waals surface area contributed by atoms with Crippen LogP contribution in [0.1, 0.15) is 45.1 Å². The Bertz CT molecular complexity index is 837. The summed E-state index contributed by atoms with van der Waals surface area (Å²) in [5.41, 5.74) is 0.377. The second-order valence-corrected chi connectivity index (χ2v) is 11.4. The van der Waals surface area contributed by atoms with Crippen molar-refractivity contribution in [3.8, 4) is 0 Å². The second-order valence-electron chi connectivity index (χ2n) is 9.44. The zero-order valence-electron chi connectivity index (χ0n) is 17.1. The van der Waals surface area contributed by atoms with Gasteiger partial charge in [0.2, 0.25) is 10.0 Å². The van der Waals surface area contributed by atoms with Gasteiger partial charge in [0.1, 0.15) is 5.78 Å². The van der Waals surface area contributed by atoms with Crippen LogP contribution in [0.5, 0.6) is 0 Å². The number of Topliss-reactive ketones (excluding diaryl/α,β-unsaturated/α-hetero) is 1. The quantitative estimate of drug-likeness (QED) is 0.757. The van der Waals surface area contributed by atoms with Gasteiger partial charge < -0.3 is 0 Å². The fourth-order valence-electron chi connectivity index (χ4n) is 5.74. The van der Waals surface area contributed by atoms with Gasteiger partial charge in [-0.15, -0.1) is 0 Å². The van der Waals surface area contributed by atoms with Crippen LogP contribution >= 0.6 is 0 Å². The third-order valence-corrected chi connectivity index (χ3v) is 9.77. The predicted molar refractivity (Wildman–Crippen MR) is 110 cm³/mol. The molecule has 0 N–H and O–H groups in total. The smallest absolute Gasteiger partial charge is 0.215 e. The Morgan fingerprint density at radius 1 is 1.07 bits per heavy atom. The van der Waals surface area contributed by atoms with Crippen molar-refractivity contribution in [2.75, 3.05) is 31.9 Å². The van der Waals surface area contributed by atoms with E-state index in [0.29, 0.717) is 25.4 Å². The number of benzene rings is 1. The van der Waals surface area contributed by atoms with Crippen molar-refractivity contribution in [1.29, 1.82) is 0 Å². The molecule has 2 bridgehead atoms. The van der Waals surface area contributed by atoms with E-state index < -0.39 is 15.4 Å². The molecule has 2 saturated carbocycles. The Morgan fingerprint density at radius 3 is 2.46 bits per heavy atom. The van der Waals surface area contributed by atoms with Crippen LogP contribution in [0.4, 0.5) is 0 Å². The van der Waals surface area contributed by atoms with Gasteiger partial charge in [-0.25, -0.2) is 12.7 Å². The highest BCUT2D eigenvalue weighted by Gasteiger charge is 2.65. The number of sulfonamides is 1. The molecule has 1 aromatic carbocycles. The van der Waals surface area contributed by atoms with Crippen LogP contribution < -0.4 is 0 Å². The number of ketones is 1. The fraction of sp³-hybridized carbons (Fsp3) is 0.682. The molecule has 4 rings (SSSR count). The maximum Gasteiger partial charge on any atom is 0.215 e. The van der Waals surface area contributed by atoms with Gasteiger partial charge >= 0.3 is 0 Å². The summed E-state index contributed by atoms with van der Waals surface area (Å²) in [7, 11) is -3.45. The Morgan fingerprint density at radius 2 is 1.82 bits per heavy atom. The van der Waals surface area contributed by atoms with Crippen molar-refractivity contribution in [2.24, 2.45) is 16.7 Å². The minimum Gasteiger partial charge on any atom is -0.299 e. The topological polar surface area (TPSA) is 57.7 Å². The molecular formula is C22H32N2O3S. The van der Waals surface area contributed by atoms with Crippen LogP contribution in [0.3, 0.4) is 0 Å². The molecule has 5 nitrogen and oxygen atoms in total. The zero-order valence-corrected chi connectivity index (χ0v) is 17.9. The third kappa shape index (κ3) is 3.33. The van der Waals surface area contributed by atoms with Gasteiger partial charge in [0.25, 0.3) is 0 Å². The van der Waals surface area contributed by atoms with E-state index in [1.54, 1.807) is 4.31 Å². The first-order valence-corrected chi connectivity index (χ1v) is 12.1. The molecule has 2 aliphatic carbocycles. The monoisotopic (exact) mass is 404 g/mol. The van der Waals surface area contributed by atoms with Gasteiger partial charge in [-0.05, 0) is 42.7 Å². The molecule has 6 heteroatoms. The van der Waals surface area contributed by atoms with Crippen molar-refractivity contribution in [3.05, 3.63) is 35.9 Å². The number of rotatable bonds is 5. The van der Waals surface area contributed by atoms with Gasteiger partial charge in [-0.3, -0.25) is 9.69 Å². The molecule has 3 fully saturated rings. The maximum atomic E-state index is 13.3.